The highest BCUT2D eigenvalue weighted by molar-refractivity contribution is 9.11. The van der Waals surface area contributed by atoms with E-state index < -0.39 is 0 Å². The van der Waals surface area contributed by atoms with Gasteiger partial charge in [-0.25, -0.2) is 9.37 Å². The molecular weight excluding hydrogens is 405 g/mol. The topological polar surface area (TPSA) is 53.1 Å². The van der Waals surface area contributed by atoms with Gasteiger partial charge >= 0.3 is 0 Å². The van der Waals surface area contributed by atoms with Crippen LogP contribution in [0.4, 0.5) is 10.3 Å². The molecule has 0 fully saturated rings. The number of nitrogens with two attached hydrogens (primary N) is 1. The minimum absolute atomic E-state index is 0.278. The average Bonchev–Trinajstić information content (AvgIpc) is 2.74. The Morgan fingerprint density at radius 2 is 1.95 bits per heavy atom. The van der Waals surface area contributed by atoms with Gasteiger partial charge < -0.3 is 10.5 Å². The zero-order valence-corrected chi connectivity index (χ0v) is 14.1. The Kier molecular flexibility index (Phi) is 3.62. The van der Waals surface area contributed by atoms with Gasteiger partial charge in [-0.2, -0.15) is 0 Å². The summed E-state index contributed by atoms with van der Waals surface area (Å²) in [6.07, 6.45) is 0. The van der Waals surface area contributed by atoms with Crippen molar-refractivity contribution in [2.45, 2.75) is 0 Å². The van der Waals surface area contributed by atoms with E-state index in [1.165, 1.54) is 12.1 Å². The van der Waals surface area contributed by atoms with Crippen molar-refractivity contribution in [2.24, 2.45) is 0 Å². The van der Waals surface area contributed by atoms with E-state index in [0.717, 1.165) is 20.1 Å². The van der Waals surface area contributed by atoms with Gasteiger partial charge in [0.05, 0.1) is 28.3 Å². The SMILES string of the molecule is COc1cc(-n2c(N)nc3cc(F)ccc32)c(Br)cc1Br. The van der Waals surface area contributed by atoms with Crippen molar-refractivity contribution in [3.63, 3.8) is 0 Å². The molecule has 0 aliphatic heterocycles. The van der Waals surface area contributed by atoms with Crippen molar-refractivity contribution in [1.29, 1.82) is 0 Å². The summed E-state index contributed by atoms with van der Waals surface area (Å²) in [5, 5.41) is 0. The van der Waals surface area contributed by atoms with Gasteiger partial charge in [-0.05, 0) is 50.1 Å². The summed E-state index contributed by atoms with van der Waals surface area (Å²) in [5.74, 6) is 0.594. The Balaban J connectivity index is 2.32. The minimum Gasteiger partial charge on any atom is -0.495 e. The molecule has 0 saturated carbocycles. The number of nitrogen functional groups attached to an aromatic ring is 1. The van der Waals surface area contributed by atoms with Crippen molar-refractivity contribution < 1.29 is 9.13 Å². The van der Waals surface area contributed by atoms with Gasteiger partial charge in [-0.1, -0.05) is 0 Å². The van der Waals surface area contributed by atoms with E-state index in [2.05, 4.69) is 36.8 Å². The highest BCUT2D eigenvalue weighted by Crippen LogP contribution is 2.36. The highest BCUT2D eigenvalue weighted by Gasteiger charge is 2.15. The fourth-order valence-corrected chi connectivity index (χ4v) is 3.50. The standard InChI is InChI=1S/C14H10Br2FN3O/c1-21-13-6-12(8(15)5-9(13)16)20-11-3-2-7(17)4-10(11)19-14(20)18/h2-6H,1H3,(H2,18,19). The summed E-state index contributed by atoms with van der Waals surface area (Å²) in [5.41, 5.74) is 7.98. The third-order valence-electron chi connectivity index (χ3n) is 3.10. The lowest BCUT2D eigenvalue weighted by Gasteiger charge is -2.12. The molecule has 1 aromatic heterocycles. The molecule has 0 bridgehead atoms. The molecule has 4 nitrogen and oxygen atoms in total. The third-order valence-corrected chi connectivity index (χ3v) is 4.36. The molecule has 0 saturated heterocycles. The predicted molar refractivity (Wildman–Crippen MR) is 87.4 cm³/mol. The zero-order valence-electron chi connectivity index (χ0n) is 10.9. The van der Waals surface area contributed by atoms with Crippen LogP contribution < -0.4 is 10.5 Å². The second-order valence-electron chi connectivity index (χ2n) is 4.38. The Morgan fingerprint density at radius 1 is 1.19 bits per heavy atom. The number of imidazole rings is 1. The van der Waals surface area contributed by atoms with Crippen LogP contribution in [-0.2, 0) is 0 Å². The number of anilines is 1. The predicted octanol–water partition coefficient (Wildman–Crippen LogP) is 4.28. The van der Waals surface area contributed by atoms with Crippen LogP contribution in [-0.4, -0.2) is 16.7 Å². The van der Waals surface area contributed by atoms with Crippen LogP contribution in [0.2, 0.25) is 0 Å². The summed E-state index contributed by atoms with van der Waals surface area (Å²) in [6.45, 7) is 0. The first-order chi connectivity index (χ1) is 10.0. The first-order valence-corrected chi connectivity index (χ1v) is 7.56. The smallest absolute Gasteiger partial charge is 0.205 e. The van der Waals surface area contributed by atoms with Crippen LogP contribution >= 0.6 is 31.9 Å². The number of ether oxygens (including phenoxy) is 1. The van der Waals surface area contributed by atoms with Crippen LogP contribution in [0.1, 0.15) is 0 Å². The molecule has 108 valence electrons. The normalized spacial score (nSPS) is 11.0. The number of rotatable bonds is 2. The number of halogens is 3. The molecular formula is C14H10Br2FN3O. The Hall–Kier alpha value is -1.60. The third kappa shape index (κ3) is 2.40. The van der Waals surface area contributed by atoms with Crippen LogP contribution in [0, 0.1) is 5.82 Å². The van der Waals surface area contributed by atoms with Gasteiger partial charge in [-0.15, -0.1) is 0 Å². The molecule has 0 aliphatic rings. The number of fused-ring (bicyclic) bond motifs is 1. The van der Waals surface area contributed by atoms with E-state index in [-0.39, 0.29) is 11.8 Å². The molecule has 7 heteroatoms. The summed E-state index contributed by atoms with van der Waals surface area (Å²) >= 11 is 6.92. The average molecular weight is 415 g/mol. The van der Waals surface area contributed by atoms with Gasteiger partial charge in [0.2, 0.25) is 5.95 Å². The summed E-state index contributed by atoms with van der Waals surface area (Å²) in [6, 6.07) is 8.07. The lowest BCUT2D eigenvalue weighted by atomic mass is 10.2. The number of benzene rings is 2. The van der Waals surface area contributed by atoms with E-state index >= 15 is 0 Å². The number of nitrogens with zero attached hydrogens (tertiary/aromatic N) is 2. The first-order valence-electron chi connectivity index (χ1n) is 5.98. The molecule has 0 amide bonds. The molecule has 0 aliphatic carbocycles. The van der Waals surface area contributed by atoms with E-state index in [0.29, 0.717) is 11.3 Å². The van der Waals surface area contributed by atoms with Crippen LogP contribution in [0.15, 0.2) is 39.3 Å². The maximum absolute atomic E-state index is 13.3. The van der Waals surface area contributed by atoms with Crippen LogP contribution in [0.5, 0.6) is 5.75 Å². The first kappa shape index (κ1) is 14.3. The maximum Gasteiger partial charge on any atom is 0.205 e. The summed E-state index contributed by atoms with van der Waals surface area (Å²) in [4.78, 5) is 4.20. The Labute approximate surface area is 137 Å². The van der Waals surface area contributed by atoms with Crippen molar-refractivity contribution >= 4 is 48.8 Å². The zero-order chi connectivity index (χ0) is 15.1. The lowest BCUT2D eigenvalue weighted by Crippen LogP contribution is -2.02. The lowest BCUT2D eigenvalue weighted by molar-refractivity contribution is 0.412. The Morgan fingerprint density at radius 3 is 2.67 bits per heavy atom. The molecule has 0 spiro atoms. The molecule has 3 aromatic rings. The molecule has 2 aromatic carbocycles. The highest BCUT2D eigenvalue weighted by atomic mass is 79.9. The maximum atomic E-state index is 13.3. The van der Waals surface area contributed by atoms with Crippen LogP contribution in [0.25, 0.3) is 16.7 Å². The minimum atomic E-state index is -0.348. The summed E-state index contributed by atoms with van der Waals surface area (Å²) < 4.78 is 22.0. The number of hydrogen-bond acceptors (Lipinski definition) is 3. The largest absolute Gasteiger partial charge is 0.495 e. The Bertz CT molecular complexity index is 848. The van der Waals surface area contributed by atoms with E-state index in [1.807, 2.05) is 12.1 Å². The summed E-state index contributed by atoms with van der Waals surface area (Å²) in [7, 11) is 1.59. The number of aromatic nitrogens is 2. The number of methoxy groups -OCH3 is 1. The van der Waals surface area contributed by atoms with Gasteiger partial charge in [-0.3, -0.25) is 4.57 Å². The van der Waals surface area contributed by atoms with Gasteiger partial charge in [0.15, 0.2) is 0 Å². The van der Waals surface area contributed by atoms with Gasteiger partial charge in [0.1, 0.15) is 11.6 Å². The monoisotopic (exact) mass is 413 g/mol. The van der Waals surface area contributed by atoms with Gasteiger partial charge in [0, 0.05) is 16.6 Å². The molecule has 1 heterocycles. The fourth-order valence-electron chi connectivity index (χ4n) is 2.17. The van der Waals surface area contributed by atoms with E-state index in [4.69, 9.17) is 10.5 Å². The molecule has 0 radical (unpaired) electrons. The van der Waals surface area contributed by atoms with Gasteiger partial charge in [0.25, 0.3) is 0 Å². The number of hydrogen-bond donors (Lipinski definition) is 1. The molecule has 0 atom stereocenters. The van der Waals surface area contributed by atoms with Crippen molar-refractivity contribution in [1.82, 2.24) is 9.55 Å². The molecule has 3 rings (SSSR count). The molecule has 0 unspecified atom stereocenters. The second-order valence-corrected chi connectivity index (χ2v) is 6.09. The van der Waals surface area contributed by atoms with Crippen molar-refractivity contribution in [3.05, 3.63) is 45.1 Å². The van der Waals surface area contributed by atoms with Crippen LogP contribution in [0.3, 0.4) is 0 Å². The van der Waals surface area contributed by atoms with Crippen molar-refractivity contribution in [2.75, 3.05) is 12.8 Å². The van der Waals surface area contributed by atoms with Crippen molar-refractivity contribution in [3.8, 4) is 11.4 Å². The fraction of sp³-hybridized carbons (Fsp3) is 0.0714. The second kappa shape index (κ2) is 5.31. The van der Waals surface area contributed by atoms with E-state index in [1.54, 1.807) is 17.7 Å². The quantitative estimate of drug-likeness (QED) is 0.680. The molecule has 2 N–H and O–H groups in total. The van der Waals surface area contributed by atoms with E-state index in [9.17, 15) is 4.39 Å². The molecule has 21 heavy (non-hydrogen) atoms.